The molecule has 3 heteroatoms. The molecule has 0 heterocycles. The summed E-state index contributed by atoms with van der Waals surface area (Å²) in [5.74, 6) is -0.258. The first kappa shape index (κ1) is 8.43. The van der Waals surface area contributed by atoms with Gasteiger partial charge in [-0.25, -0.2) is 0 Å². The van der Waals surface area contributed by atoms with Gasteiger partial charge in [-0.3, -0.25) is 4.79 Å². The van der Waals surface area contributed by atoms with E-state index in [4.69, 9.17) is 0 Å². The first-order valence-electron chi connectivity index (χ1n) is 2.75. The molecule has 0 rings (SSSR count). The first-order valence-corrected chi connectivity index (χ1v) is 2.75. The molecule has 53 valence electrons. The molecule has 9 heavy (non-hydrogen) atoms. The van der Waals surface area contributed by atoms with Gasteiger partial charge in [0.15, 0.2) is 0 Å². The van der Waals surface area contributed by atoms with Gasteiger partial charge in [0.05, 0.1) is 19.6 Å². The van der Waals surface area contributed by atoms with Crippen LogP contribution in [0.15, 0.2) is 0 Å². The van der Waals surface area contributed by atoms with Crippen LogP contribution in [-0.2, 0) is 14.3 Å². The fraction of sp³-hybridized carbons (Fsp3) is 0.667. The highest BCUT2D eigenvalue weighted by Crippen LogP contribution is 1.84. The second-order valence-corrected chi connectivity index (χ2v) is 1.46. The van der Waals surface area contributed by atoms with Crippen LogP contribution in [0.3, 0.4) is 0 Å². The molecule has 0 aromatic rings. The molecular formula is C6H11O3. The van der Waals surface area contributed by atoms with Crippen molar-refractivity contribution in [3.05, 3.63) is 6.92 Å². The zero-order chi connectivity index (χ0) is 7.11. The van der Waals surface area contributed by atoms with E-state index in [-0.39, 0.29) is 12.6 Å². The minimum Gasteiger partial charge on any atom is -0.466 e. The van der Waals surface area contributed by atoms with Gasteiger partial charge in [-0.2, -0.15) is 0 Å². The van der Waals surface area contributed by atoms with Crippen molar-refractivity contribution >= 4 is 5.97 Å². The van der Waals surface area contributed by atoms with E-state index in [9.17, 15) is 4.79 Å². The van der Waals surface area contributed by atoms with Crippen LogP contribution in [0, 0.1) is 6.92 Å². The third-order valence-electron chi connectivity index (χ3n) is 0.773. The summed E-state index contributed by atoms with van der Waals surface area (Å²) in [7, 11) is 1.54. The van der Waals surface area contributed by atoms with Crippen LogP contribution in [0.5, 0.6) is 0 Å². The average molecular weight is 131 g/mol. The maximum Gasteiger partial charge on any atom is 0.308 e. The minimum absolute atomic E-state index is 0.197. The molecule has 0 aliphatic rings. The van der Waals surface area contributed by atoms with E-state index in [0.717, 1.165) is 0 Å². The van der Waals surface area contributed by atoms with Crippen molar-refractivity contribution < 1.29 is 14.3 Å². The molecule has 0 unspecified atom stereocenters. The number of ether oxygens (including phenoxy) is 2. The number of esters is 1. The maximum atomic E-state index is 10.5. The van der Waals surface area contributed by atoms with Crippen LogP contribution in [-0.4, -0.2) is 26.3 Å². The molecular weight excluding hydrogens is 120 g/mol. The SMILES string of the molecule is [CH2]COC(=O)CCOC. The standard InChI is InChI=1S/C6H11O3/c1-3-9-6(7)4-5-8-2/h1,3-5H2,2H3. The van der Waals surface area contributed by atoms with E-state index in [0.29, 0.717) is 13.0 Å². The second kappa shape index (κ2) is 5.56. The Hall–Kier alpha value is -0.570. The monoisotopic (exact) mass is 131 g/mol. The molecule has 3 nitrogen and oxygen atoms in total. The normalized spacial score (nSPS) is 9.11. The summed E-state index contributed by atoms with van der Waals surface area (Å²) >= 11 is 0. The zero-order valence-corrected chi connectivity index (χ0v) is 5.55. The summed E-state index contributed by atoms with van der Waals surface area (Å²) in [6.45, 7) is 3.96. The van der Waals surface area contributed by atoms with Crippen molar-refractivity contribution in [2.45, 2.75) is 6.42 Å². The van der Waals surface area contributed by atoms with Crippen LogP contribution in [0.2, 0.25) is 0 Å². The Morgan fingerprint density at radius 2 is 2.33 bits per heavy atom. The van der Waals surface area contributed by atoms with Crippen LogP contribution >= 0.6 is 0 Å². The van der Waals surface area contributed by atoms with Crippen molar-refractivity contribution in [3.8, 4) is 0 Å². The van der Waals surface area contributed by atoms with Gasteiger partial charge >= 0.3 is 5.97 Å². The van der Waals surface area contributed by atoms with Crippen LogP contribution < -0.4 is 0 Å². The van der Waals surface area contributed by atoms with Crippen molar-refractivity contribution in [1.82, 2.24) is 0 Å². The smallest absolute Gasteiger partial charge is 0.308 e. The topological polar surface area (TPSA) is 35.5 Å². The molecule has 0 aromatic heterocycles. The summed E-state index contributed by atoms with van der Waals surface area (Å²) in [5, 5.41) is 0. The quantitative estimate of drug-likeness (QED) is 0.518. The number of rotatable bonds is 4. The molecule has 0 bridgehead atoms. The number of hydrogen-bond donors (Lipinski definition) is 0. The zero-order valence-electron chi connectivity index (χ0n) is 5.55. The average Bonchev–Trinajstić information content (AvgIpc) is 1.85. The third-order valence-corrected chi connectivity index (χ3v) is 0.773. The second-order valence-electron chi connectivity index (χ2n) is 1.46. The minimum atomic E-state index is -0.258. The predicted molar refractivity (Wildman–Crippen MR) is 32.8 cm³/mol. The van der Waals surface area contributed by atoms with Gasteiger partial charge in [-0.15, -0.1) is 0 Å². The van der Waals surface area contributed by atoms with Gasteiger partial charge in [0.25, 0.3) is 0 Å². The molecule has 0 saturated heterocycles. The Morgan fingerprint density at radius 1 is 1.67 bits per heavy atom. The molecule has 0 spiro atoms. The van der Waals surface area contributed by atoms with Crippen molar-refractivity contribution in [2.24, 2.45) is 0 Å². The lowest BCUT2D eigenvalue weighted by atomic mass is 10.5. The molecule has 0 atom stereocenters. The molecule has 0 aromatic carbocycles. The predicted octanol–water partition coefficient (Wildman–Crippen LogP) is 0.400. The van der Waals surface area contributed by atoms with Gasteiger partial charge in [-0.05, 0) is 6.92 Å². The van der Waals surface area contributed by atoms with Crippen LogP contribution in [0.4, 0.5) is 0 Å². The van der Waals surface area contributed by atoms with Gasteiger partial charge in [0, 0.05) is 7.11 Å². The molecule has 0 fully saturated rings. The van der Waals surface area contributed by atoms with Crippen molar-refractivity contribution in [3.63, 3.8) is 0 Å². The molecule has 0 amide bonds. The van der Waals surface area contributed by atoms with Gasteiger partial charge < -0.3 is 9.47 Å². The van der Waals surface area contributed by atoms with E-state index in [1.807, 2.05) is 0 Å². The lowest BCUT2D eigenvalue weighted by Crippen LogP contribution is -2.06. The number of carbonyl (C=O) groups is 1. The summed E-state index contributed by atoms with van der Waals surface area (Å²) < 4.78 is 9.15. The fourth-order valence-corrected chi connectivity index (χ4v) is 0.371. The Balaban J connectivity index is 3.06. The number of carbonyl (C=O) groups excluding carboxylic acids is 1. The Labute approximate surface area is 55.0 Å². The van der Waals surface area contributed by atoms with E-state index in [1.54, 1.807) is 0 Å². The number of methoxy groups -OCH3 is 1. The molecule has 0 aliphatic heterocycles. The summed E-state index contributed by atoms with van der Waals surface area (Å²) in [6.07, 6.45) is 0.312. The largest absolute Gasteiger partial charge is 0.466 e. The van der Waals surface area contributed by atoms with Crippen molar-refractivity contribution in [1.29, 1.82) is 0 Å². The lowest BCUT2D eigenvalue weighted by molar-refractivity contribution is -0.143. The molecule has 0 saturated carbocycles. The summed E-state index contributed by atoms with van der Waals surface area (Å²) in [5.41, 5.74) is 0. The van der Waals surface area contributed by atoms with E-state index in [1.165, 1.54) is 7.11 Å². The van der Waals surface area contributed by atoms with Crippen LogP contribution in [0.1, 0.15) is 6.42 Å². The van der Waals surface area contributed by atoms with Crippen molar-refractivity contribution in [2.75, 3.05) is 20.3 Å². The Kier molecular flexibility index (Phi) is 5.21. The van der Waals surface area contributed by atoms with E-state index in [2.05, 4.69) is 16.4 Å². The Morgan fingerprint density at radius 3 is 2.78 bits per heavy atom. The molecule has 0 N–H and O–H groups in total. The first-order chi connectivity index (χ1) is 4.31. The summed E-state index contributed by atoms with van der Waals surface area (Å²) in [4.78, 5) is 10.5. The van der Waals surface area contributed by atoms with Gasteiger partial charge in [-0.1, -0.05) is 0 Å². The van der Waals surface area contributed by atoms with Gasteiger partial charge in [0.1, 0.15) is 0 Å². The maximum absolute atomic E-state index is 10.5. The van der Waals surface area contributed by atoms with E-state index >= 15 is 0 Å². The number of hydrogen-bond acceptors (Lipinski definition) is 3. The lowest BCUT2D eigenvalue weighted by Gasteiger charge is -1.98. The highest BCUT2D eigenvalue weighted by atomic mass is 16.5. The highest BCUT2D eigenvalue weighted by molar-refractivity contribution is 5.69. The third kappa shape index (κ3) is 5.30. The van der Waals surface area contributed by atoms with Gasteiger partial charge in [0.2, 0.25) is 0 Å². The highest BCUT2D eigenvalue weighted by Gasteiger charge is 1.97. The van der Waals surface area contributed by atoms with Crippen LogP contribution in [0.25, 0.3) is 0 Å². The summed E-state index contributed by atoms with van der Waals surface area (Å²) in [6, 6.07) is 0. The molecule has 0 aliphatic carbocycles. The Bertz CT molecular complexity index is 80.4. The molecule has 1 radical (unpaired) electrons. The fourth-order valence-electron chi connectivity index (χ4n) is 0.371. The van der Waals surface area contributed by atoms with E-state index < -0.39 is 0 Å².